The minimum atomic E-state index is -0.802. The maximum absolute atomic E-state index is 13.1. The van der Waals surface area contributed by atoms with Crippen LogP contribution in [0.4, 0.5) is 4.39 Å². The highest BCUT2D eigenvalue weighted by Crippen LogP contribution is 2.28. The predicted molar refractivity (Wildman–Crippen MR) is 83.2 cm³/mol. The van der Waals surface area contributed by atoms with Crippen LogP contribution in [0.25, 0.3) is 0 Å². The minimum Gasteiger partial charge on any atom is -0.480 e. The average Bonchev–Trinajstić information content (AvgIpc) is 3.26. The van der Waals surface area contributed by atoms with Crippen LogP contribution >= 0.6 is 11.8 Å². The molecule has 0 aromatic heterocycles. The zero-order valence-corrected chi connectivity index (χ0v) is 13.1. The molecule has 0 spiro atoms. The summed E-state index contributed by atoms with van der Waals surface area (Å²) < 4.78 is 13.1. The Bertz CT molecular complexity index is 493. The molecule has 0 radical (unpaired) electrons. The number of hydrogen-bond donors (Lipinski definition) is 2. The topological polar surface area (TPSA) is 49.3 Å². The summed E-state index contributed by atoms with van der Waals surface area (Å²) >= 11 is 1.57. The third-order valence-electron chi connectivity index (χ3n) is 3.88. The molecular formula is C16H22FNO2S. The first kappa shape index (κ1) is 16.3. The van der Waals surface area contributed by atoms with Crippen molar-refractivity contribution in [2.24, 2.45) is 0 Å². The van der Waals surface area contributed by atoms with Crippen molar-refractivity contribution >= 4 is 17.7 Å². The van der Waals surface area contributed by atoms with Crippen LogP contribution in [0.15, 0.2) is 29.2 Å². The van der Waals surface area contributed by atoms with Gasteiger partial charge in [0.05, 0.1) is 0 Å². The van der Waals surface area contributed by atoms with E-state index in [1.165, 1.54) is 12.1 Å². The molecule has 0 heterocycles. The van der Waals surface area contributed by atoms with Gasteiger partial charge in [-0.15, -0.1) is 11.8 Å². The molecule has 116 valence electrons. The van der Waals surface area contributed by atoms with Crippen LogP contribution in [0.3, 0.4) is 0 Å². The fourth-order valence-corrected chi connectivity index (χ4v) is 3.31. The molecule has 1 aliphatic carbocycles. The number of benzene rings is 1. The molecule has 0 bridgehead atoms. The van der Waals surface area contributed by atoms with E-state index < -0.39 is 11.5 Å². The molecule has 1 atom stereocenters. The average molecular weight is 311 g/mol. The third-order valence-corrected chi connectivity index (χ3v) is 4.96. The molecule has 3 nitrogen and oxygen atoms in total. The van der Waals surface area contributed by atoms with E-state index in [1.54, 1.807) is 17.8 Å². The van der Waals surface area contributed by atoms with Crippen LogP contribution < -0.4 is 5.32 Å². The van der Waals surface area contributed by atoms with Gasteiger partial charge in [0.2, 0.25) is 0 Å². The molecule has 1 saturated carbocycles. The zero-order chi connectivity index (χ0) is 15.3. The minimum absolute atomic E-state index is 0.233. The second-order valence-electron chi connectivity index (χ2n) is 5.57. The molecule has 0 amide bonds. The van der Waals surface area contributed by atoms with Crippen LogP contribution in [0, 0.1) is 5.82 Å². The molecule has 5 heteroatoms. The SMILES string of the molecule is CCC(CCCSc1cccc(F)c1)(NC1CC1)C(=O)O. The van der Waals surface area contributed by atoms with Gasteiger partial charge in [0.1, 0.15) is 11.4 Å². The maximum Gasteiger partial charge on any atom is 0.323 e. The molecule has 1 unspecified atom stereocenters. The Hall–Kier alpha value is -1.07. The van der Waals surface area contributed by atoms with Gasteiger partial charge in [0.25, 0.3) is 0 Å². The Morgan fingerprint density at radius 3 is 2.86 bits per heavy atom. The lowest BCUT2D eigenvalue weighted by Crippen LogP contribution is -2.52. The highest BCUT2D eigenvalue weighted by molar-refractivity contribution is 7.99. The monoisotopic (exact) mass is 311 g/mol. The van der Waals surface area contributed by atoms with Crippen LogP contribution in [0.1, 0.15) is 39.0 Å². The van der Waals surface area contributed by atoms with Gasteiger partial charge in [-0.05, 0) is 56.1 Å². The lowest BCUT2D eigenvalue weighted by molar-refractivity contribution is -0.145. The van der Waals surface area contributed by atoms with Crippen molar-refractivity contribution in [2.45, 2.75) is 55.5 Å². The molecule has 1 aromatic rings. The molecule has 21 heavy (non-hydrogen) atoms. The summed E-state index contributed by atoms with van der Waals surface area (Å²) in [6.45, 7) is 1.92. The summed E-state index contributed by atoms with van der Waals surface area (Å²) in [6, 6.07) is 6.88. The highest BCUT2D eigenvalue weighted by atomic mass is 32.2. The van der Waals surface area contributed by atoms with E-state index in [4.69, 9.17) is 0 Å². The Labute approximate surface area is 129 Å². The number of nitrogens with one attached hydrogen (secondary N) is 1. The van der Waals surface area contributed by atoms with Crippen LogP contribution in [-0.2, 0) is 4.79 Å². The Balaban J connectivity index is 1.82. The fraction of sp³-hybridized carbons (Fsp3) is 0.562. The molecule has 0 saturated heterocycles. The van der Waals surface area contributed by atoms with E-state index in [2.05, 4.69) is 5.32 Å². The van der Waals surface area contributed by atoms with Crippen molar-refractivity contribution < 1.29 is 14.3 Å². The normalized spacial score (nSPS) is 17.4. The third kappa shape index (κ3) is 4.71. The second kappa shape index (κ2) is 7.27. The van der Waals surface area contributed by atoms with Gasteiger partial charge in [-0.3, -0.25) is 10.1 Å². The summed E-state index contributed by atoms with van der Waals surface area (Å²) in [7, 11) is 0. The van der Waals surface area contributed by atoms with Gasteiger partial charge >= 0.3 is 5.97 Å². The molecule has 1 aliphatic rings. The van der Waals surface area contributed by atoms with Crippen LogP contribution in [-0.4, -0.2) is 28.4 Å². The summed E-state index contributed by atoms with van der Waals surface area (Å²) in [5.74, 6) is -0.193. The first-order chi connectivity index (χ1) is 10.1. The molecule has 0 aliphatic heterocycles. The summed E-state index contributed by atoms with van der Waals surface area (Å²) in [5, 5.41) is 12.8. The number of aliphatic carboxylic acids is 1. The number of thioether (sulfide) groups is 1. The summed E-state index contributed by atoms with van der Waals surface area (Å²) in [6.07, 6.45) is 4.14. The largest absolute Gasteiger partial charge is 0.480 e. The molecule has 2 rings (SSSR count). The van der Waals surface area contributed by atoms with Gasteiger partial charge in [-0.25, -0.2) is 4.39 Å². The first-order valence-electron chi connectivity index (χ1n) is 7.45. The van der Waals surface area contributed by atoms with E-state index in [0.29, 0.717) is 18.9 Å². The van der Waals surface area contributed by atoms with E-state index in [1.807, 2.05) is 13.0 Å². The van der Waals surface area contributed by atoms with Gasteiger partial charge < -0.3 is 5.11 Å². The fourth-order valence-electron chi connectivity index (χ4n) is 2.41. The smallest absolute Gasteiger partial charge is 0.323 e. The lowest BCUT2D eigenvalue weighted by Gasteiger charge is -2.29. The second-order valence-corrected chi connectivity index (χ2v) is 6.74. The zero-order valence-electron chi connectivity index (χ0n) is 12.3. The molecule has 2 N–H and O–H groups in total. The molecular weight excluding hydrogens is 289 g/mol. The number of carboxylic acids is 1. The highest BCUT2D eigenvalue weighted by Gasteiger charge is 2.40. The number of hydrogen-bond acceptors (Lipinski definition) is 3. The van der Waals surface area contributed by atoms with Gasteiger partial charge in [0, 0.05) is 10.9 Å². The van der Waals surface area contributed by atoms with Gasteiger partial charge in [0.15, 0.2) is 0 Å². The van der Waals surface area contributed by atoms with Crippen molar-refractivity contribution in [3.8, 4) is 0 Å². The van der Waals surface area contributed by atoms with Gasteiger partial charge in [-0.1, -0.05) is 13.0 Å². The van der Waals surface area contributed by atoms with E-state index in [9.17, 15) is 14.3 Å². The van der Waals surface area contributed by atoms with Crippen molar-refractivity contribution in [1.29, 1.82) is 0 Å². The number of halogens is 1. The Kier molecular flexibility index (Phi) is 5.65. The molecule has 1 aromatic carbocycles. The standard InChI is InChI=1S/C16H22FNO2S/c1-2-16(15(19)20,18-13-7-8-13)9-4-10-21-14-6-3-5-12(17)11-14/h3,5-6,11,13,18H,2,4,7-10H2,1H3,(H,19,20). The quantitative estimate of drug-likeness (QED) is 0.539. The van der Waals surface area contributed by atoms with Crippen molar-refractivity contribution in [3.05, 3.63) is 30.1 Å². The van der Waals surface area contributed by atoms with Crippen LogP contribution in [0.2, 0.25) is 0 Å². The van der Waals surface area contributed by atoms with E-state index in [-0.39, 0.29) is 5.82 Å². The number of carboxylic acid groups (broad SMARTS) is 1. The summed E-state index contributed by atoms with van der Waals surface area (Å²) in [5.41, 5.74) is -0.802. The maximum atomic E-state index is 13.1. The van der Waals surface area contributed by atoms with E-state index in [0.717, 1.165) is 29.9 Å². The summed E-state index contributed by atoms with van der Waals surface area (Å²) in [4.78, 5) is 12.5. The van der Waals surface area contributed by atoms with E-state index >= 15 is 0 Å². The number of carbonyl (C=O) groups is 1. The Morgan fingerprint density at radius 2 is 2.29 bits per heavy atom. The molecule has 1 fully saturated rings. The first-order valence-corrected chi connectivity index (χ1v) is 8.44. The van der Waals surface area contributed by atoms with Crippen molar-refractivity contribution in [1.82, 2.24) is 5.32 Å². The van der Waals surface area contributed by atoms with Crippen molar-refractivity contribution in [3.63, 3.8) is 0 Å². The lowest BCUT2D eigenvalue weighted by atomic mass is 9.90. The predicted octanol–water partition coefficient (Wildman–Crippen LogP) is 3.68. The van der Waals surface area contributed by atoms with Crippen LogP contribution in [0.5, 0.6) is 0 Å². The van der Waals surface area contributed by atoms with Crippen molar-refractivity contribution in [2.75, 3.05) is 5.75 Å². The van der Waals surface area contributed by atoms with Gasteiger partial charge in [-0.2, -0.15) is 0 Å². The number of rotatable bonds is 9. The Morgan fingerprint density at radius 1 is 1.52 bits per heavy atom.